The van der Waals surface area contributed by atoms with Crippen molar-refractivity contribution in [1.82, 2.24) is 20.2 Å². The number of aromatic nitrogens is 4. The lowest BCUT2D eigenvalue weighted by molar-refractivity contribution is -0.113. The van der Waals surface area contributed by atoms with E-state index in [0.29, 0.717) is 10.7 Å². The highest BCUT2D eigenvalue weighted by Crippen LogP contribution is 2.34. The van der Waals surface area contributed by atoms with Crippen molar-refractivity contribution >= 4 is 45.9 Å². The van der Waals surface area contributed by atoms with Crippen LogP contribution >= 0.6 is 23.1 Å². The maximum atomic E-state index is 12.3. The summed E-state index contributed by atoms with van der Waals surface area (Å²) in [6.07, 6.45) is 0. The standard InChI is InChI=1S/C15H19N5O5S2/c1-5-24-13(22)10-8(3)11(14(23)25-6-2)27-12(10)16-9(21)7-26-15-17-18-19-20(15)4/h5-7H2,1-4H3,(H,16,21). The van der Waals surface area contributed by atoms with Crippen molar-refractivity contribution in [3.63, 3.8) is 0 Å². The Labute approximate surface area is 163 Å². The number of carbonyl (C=O) groups excluding carboxylic acids is 3. The van der Waals surface area contributed by atoms with E-state index in [1.54, 1.807) is 27.8 Å². The van der Waals surface area contributed by atoms with Crippen molar-refractivity contribution in [2.45, 2.75) is 25.9 Å². The number of amides is 1. The summed E-state index contributed by atoms with van der Waals surface area (Å²) < 4.78 is 11.5. The fourth-order valence-corrected chi connectivity index (χ4v) is 3.83. The molecule has 0 aliphatic rings. The number of hydrogen-bond acceptors (Lipinski definition) is 10. The van der Waals surface area contributed by atoms with Gasteiger partial charge in [0.15, 0.2) is 0 Å². The van der Waals surface area contributed by atoms with E-state index in [2.05, 4.69) is 20.8 Å². The van der Waals surface area contributed by atoms with Gasteiger partial charge in [-0.15, -0.1) is 16.4 Å². The largest absolute Gasteiger partial charge is 0.462 e. The van der Waals surface area contributed by atoms with Crippen molar-refractivity contribution in [2.75, 3.05) is 24.3 Å². The van der Waals surface area contributed by atoms with Crippen LogP contribution in [0.15, 0.2) is 5.16 Å². The first-order valence-corrected chi connectivity index (χ1v) is 9.81. The third-order valence-corrected chi connectivity index (χ3v) is 5.45. The summed E-state index contributed by atoms with van der Waals surface area (Å²) in [6.45, 7) is 5.36. The normalized spacial score (nSPS) is 10.5. The predicted octanol–water partition coefficient (Wildman–Crippen LogP) is 1.66. The molecule has 2 heterocycles. The smallest absolute Gasteiger partial charge is 0.348 e. The van der Waals surface area contributed by atoms with E-state index >= 15 is 0 Å². The molecule has 2 aromatic heterocycles. The monoisotopic (exact) mass is 413 g/mol. The second kappa shape index (κ2) is 9.46. The van der Waals surface area contributed by atoms with Crippen molar-refractivity contribution in [2.24, 2.45) is 7.05 Å². The minimum Gasteiger partial charge on any atom is -0.462 e. The molecule has 0 aromatic carbocycles. The quantitative estimate of drug-likeness (QED) is 0.508. The van der Waals surface area contributed by atoms with Crippen LogP contribution in [0.25, 0.3) is 0 Å². The highest BCUT2D eigenvalue weighted by molar-refractivity contribution is 7.99. The molecule has 12 heteroatoms. The average Bonchev–Trinajstić information content (AvgIpc) is 3.16. The van der Waals surface area contributed by atoms with Crippen molar-refractivity contribution < 1.29 is 23.9 Å². The summed E-state index contributed by atoms with van der Waals surface area (Å²) in [5.74, 6) is -1.50. The molecule has 0 atom stereocenters. The van der Waals surface area contributed by atoms with Crippen LogP contribution in [0, 0.1) is 6.92 Å². The Balaban J connectivity index is 2.21. The van der Waals surface area contributed by atoms with Crippen molar-refractivity contribution in [3.8, 4) is 0 Å². The van der Waals surface area contributed by atoms with E-state index in [1.165, 1.54) is 4.68 Å². The Bertz CT molecular complexity index is 848. The molecule has 1 amide bonds. The van der Waals surface area contributed by atoms with Gasteiger partial charge < -0.3 is 14.8 Å². The van der Waals surface area contributed by atoms with Gasteiger partial charge >= 0.3 is 11.9 Å². The number of nitrogens with one attached hydrogen (secondary N) is 1. The molecule has 0 spiro atoms. The molecule has 146 valence electrons. The Morgan fingerprint density at radius 3 is 2.44 bits per heavy atom. The molecule has 0 aliphatic carbocycles. The summed E-state index contributed by atoms with van der Waals surface area (Å²) in [4.78, 5) is 37.0. The molecule has 0 fully saturated rings. The van der Waals surface area contributed by atoms with E-state index in [-0.39, 0.29) is 40.3 Å². The van der Waals surface area contributed by atoms with Crippen LogP contribution in [0.1, 0.15) is 39.4 Å². The fraction of sp³-hybridized carbons (Fsp3) is 0.467. The zero-order valence-electron chi connectivity index (χ0n) is 15.3. The summed E-state index contributed by atoms with van der Waals surface area (Å²) in [5, 5.41) is 14.3. The molecule has 0 radical (unpaired) electrons. The highest BCUT2D eigenvalue weighted by atomic mass is 32.2. The predicted molar refractivity (Wildman–Crippen MR) is 99.1 cm³/mol. The molecule has 2 rings (SSSR count). The number of ether oxygens (including phenoxy) is 2. The van der Waals surface area contributed by atoms with Gasteiger partial charge in [0.25, 0.3) is 0 Å². The highest BCUT2D eigenvalue weighted by Gasteiger charge is 2.27. The number of carbonyl (C=O) groups is 3. The second-order valence-corrected chi connectivity index (χ2v) is 7.09. The zero-order valence-corrected chi connectivity index (χ0v) is 16.9. The number of thioether (sulfide) groups is 1. The first-order valence-electron chi connectivity index (χ1n) is 8.01. The molecule has 1 N–H and O–H groups in total. The van der Waals surface area contributed by atoms with Crippen LogP contribution in [0.4, 0.5) is 5.00 Å². The van der Waals surface area contributed by atoms with E-state index in [1.807, 2.05) is 0 Å². The number of rotatable bonds is 8. The number of esters is 2. The van der Waals surface area contributed by atoms with E-state index in [9.17, 15) is 14.4 Å². The SMILES string of the molecule is CCOC(=O)c1sc(NC(=O)CSc2nnnn2C)c(C(=O)OCC)c1C. The zero-order chi connectivity index (χ0) is 20.0. The van der Waals surface area contributed by atoms with Crippen molar-refractivity contribution in [3.05, 3.63) is 16.0 Å². The molecule has 0 bridgehead atoms. The molecule has 0 unspecified atom stereocenters. The summed E-state index contributed by atoms with van der Waals surface area (Å²) in [7, 11) is 1.66. The average molecular weight is 413 g/mol. The number of hydrogen-bond donors (Lipinski definition) is 1. The summed E-state index contributed by atoms with van der Waals surface area (Å²) in [6, 6.07) is 0. The number of tetrazole rings is 1. The Morgan fingerprint density at radius 2 is 1.85 bits per heavy atom. The first-order chi connectivity index (χ1) is 12.9. The molecule has 2 aromatic rings. The fourth-order valence-electron chi connectivity index (χ4n) is 2.08. The molecule has 27 heavy (non-hydrogen) atoms. The first kappa shape index (κ1) is 20.8. The van der Waals surface area contributed by atoms with Crippen molar-refractivity contribution in [1.29, 1.82) is 0 Å². The van der Waals surface area contributed by atoms with Gasteiger partial charge in [-0.2, -0.15) is 0 Å². The number of thiophene rings is 1. The topological polar surface area (TPSA) is 125 Å². The van der Waals surface area contributed by atoms with Crippen LogP contribution < -0.4 is 5.32 Å². The molecular weight excluding hydrogens is 394 g/mol. The van der Waals surface area contributed by atoms with E-state index in [0.717, 1.165) is 23.1 Å². The van der Waals surface area contributed by atoms with Crippen LogP contribution in [0.5, 0.6) is 0 Å². The lowest BCUT2D eigenvalue weighted by atomic mass is 10.1. The van der Waals surface area contributed by atoms with Gasteiger partial charge in [-0.25, -0.2) is 14.3 Å². The van der Waals surface area contributed by atoms with Gasteiger partial charge in [0.1, 0.15) is 9.88 Å². The lowest BCUT2D eigenvalue weighted by Crippen LogP contribution is -2.16. The van der Waals surface area contributed by atoms with Gasteiger partial charge in [-0.1, -0.05) is 11.8 Å². The third-order valence-electron chi connectivity index (χ3n) is 3.25. The third kappa shape index (κ3) is 5.04. The van der Waals surface area contributed by atoms with Crippen LogP contribution in [0.2, 0.25) is 0 Å². The molecule has 0 saturated heterocycles. The maximum absolute atomic E-state index is 12.3. The molecular formula is C15H19N5O5S2. The molecule has 0 aliphatic heterocycles. The van der Waals surface area contributed by atoms with Gasteiger partial charge in [-0.3, -0.25) is 4.79 Å². The Morgan fingerprint density at radius 1 is 1.19 bits per heavy atom. The number of nitrogens with zero attached hydrogens (tertiary/aromatic N) is 4. The second-order valence-electron chi connectivity index (χ2n) is 5.12. The minimum absolute atomic E-state index is 0.0299. The van der Waals surface area contributed by atoms with Gasteiger partial charge in [0, 0.05) is 7.05 Å². The Kier molecular flexibility index (Phi) is 7.30. The van der Waals surface area contributed by atoms with Crippen LogP contribution in [-0.2, 0) is 21.3 Å². The maximum Gasteiger partial charge on any atom is 0.348 e. The number of aryl methyl sites for hydroxylation is 1. The Hall–Kier alpha value is -2.47. The molecule has 0 saturated carbocycles. The van der Waals surface area contributed by atoms with Crippen LogP contribution in [-0.4, -0.2) is 57.0 Å². The van der Waals surface area contributed by atoms with Gasteiger partial charge in [-0.05, 0) is 36.8 Å². The lowest BCUT2D eigenvalue weighted by Gasteiger charge is -2.06. The van der Waals surface area contributed by atoms with E-state index in [4.69, 9.17) is 9.47 Å². The van der Waals surface area contributed by atoms with Gasteiger partial charge in [0.05, 0.1) is 24.5 Å². The van der Waals surface area contributed by atoms with Crippen LogP contribution in [0.3, 0.4) is 0 Å². The number of anilines is 1. The summed E-state index contributed by atoms with van der Waals surface area (Å²) >= 11 is 2.12. The summed E-state index contributed by atoms with van der Waals surface area (Å²) in [5.41, 5.74) is 0.570. The molecule has 10 nitrogen and oxygen atoms in total. The minimum atomic E-state index is -0.609. The van der Waals surface area contributed by atoms with E-state index < -0.39 is 11.9 Å². The van der Waals surface area contributed by atoms with Gasteiger partial charge in [0.2, 0.25) is 11.1 Å².